The molecule has 0 heterocycles. The first-order valence-corrected chi connectivity index (χ1v) is 8.01. The molecule has 0 aliphatic carbocycles. The van der Waals surface area contributed by atoms with Crippen LogP contribution in [0.1, 0.15) is 11.1 Å². The van der Waals surface area contributed by atoms with Gasteiger partial charge in [-0.15, -0.1) is 0 Å². The lowest BCUT2D eigenvalue weighted by Gasteiger charge is -2.09. The SMILES string of the molecule is NCc1cc(S(=O)(=O)NCc2ccc(Cl)cc2)ccc1F. The summed E-state index contributed by atoms with van der Waals surface area (Å²) in [6.07, 6.45) is 0. The Morgan fingerprint density at radius 3 is 2.43 bits per heavy atom. The van der Waals surface area contributed by atoms with E-state index in [1.165, 1.54) is 12.1 Å². The van der Waals surface area contributed by atoms with Crippen LogP contribution in [0.5, 0.6) is 0 Å². The molecule has 0 aromatic heterocycles. The molecule has 0 fully saturated rings. The molecule has 0 aliphatic rings. The Balaban J connectivity index is 2.16. The summed E-state index contributed by atoms with van der Waals surface area (Å²) in [6, 6.07) is 10.3. The first-order chi connectivity index (χ1) is 9.92. The summed E-state index contributed by atoms with van der Waals surface area (Å²) in [6.45, 7) is 0.0568. The van der Waals surface area contributed by atoms with Crippen molar-refractivity contribution < 1.29 is 12.8 Å². The number of halogens is 2. The molecule has 0 amide bonds. The van der Waals surface area contributed by atoms with Gasteiger partial charge in [0.2, 0.25) is 10.0 Å². The number of benzene rings is 2. The Bertz CT molecular complexity index is 733. The van der Waals surface area contributed by atoms with E-state index in [2.05, 4.69) is 4.72 Å². The van der Waals surface area contributed by atoms with Crippen molar-refractivity contribution in [3.05, 3.63) is 64.4 Å². The largest absolute Gasteiger partial charge is 0.326 e. The van der Waals surface area contributed by atoms with Crippen LogP contribution in [0.25, 0.3) is 0 Å². The Morgan fingerprint density at radius 2 is 1.81 bits per heavy atom. The molecule has 2 rings (SSSR count). The Labute approximate surface area is 127 Å². The maximum absolute atomic E-state index is 13.3. The molecule has 0 radical (unpaired) electrons. The highest BCUT2D eigenvalue weighted by Gasteiger charge is 2.15. The molecule has 4 nitrogen and oxygen atoms in total. The molecule has 2 aromatic carbocycles. The molecule has 0 saturated carbocycles. The van der Waals surface area contributed by atoms with Gasteiger partial charge in [0.1, 0.15) is 5.82 Å². The van der Waals surface area contributed by atoms with Crippen molar-refractivity contribution in [1.29, 1.82) is 0 Å². The Kier molecular flexibility index (Phi) is 4.95. The molecule has 0 saturated heterocycles. The molecule has 21 heavy (non-hydrogen) atoms. The predicted octanol–water partition coefficient (Wildman–Crippen LogP) is 2.42. The van der Waals surface area contributed by atoms with E-state index >= 15 is 0 Å². The van der Waals surface area contributed by atoms with Crippen molar-refractivity contribution in [2.24, 2.45) is 5.73 Å². The molecule has 0 aliphatic heterocycles. The number of hydrogen-bond acceptors (Lipinski definition) is 3. The second-order valence-electron chi connectivity index (χ2n) is 4.41. The lowest BCUT2D eigenvalue weighted by Crippen LogP contribution is -2.23. The minimum Gasteiger partial charge on any atom is -0.326 e. The Hall–Kier alpha value is -1.47. The third kappa shape index (κ3) is 4.01. The molecule has 0 atom stereocenters. The van der Waals surface area contributed by atoms with Crippen LogP contribution >= 0.6 is 11.6 Å². The van der Waals surface area contributed by atoms with E-state index in [9.17, 15) is 12.8 Å². The molecule has 112 valence electrons. The minimum absolute atomic E-state index is 0.0155. The van der Waals surface area contributed by atoms with Crippen LogP contribution in [0.2, 0.25) is 5.02 Å². The number of sulfonamides is 1. The summed E-state index contributed by atoms with van der Waals surface area (Å²) in [4.78, 5) is -0.0155. The van der Waals surface area contributed by atoms with Crippen LogP contribution in [0, 0.1) is 5.82 Å². The van der Waals surface area contributed by atoms with Crippen LogP contribution in [0.3, 0.4) is 0 Å². The highest BCUT2D eigenvalue weighted by Crippen LogP contribution is 2.15. The normalized spacial score (nSPS) is 11.6. The van der Waals surface area contributed by atoms with Gasteiger partial charge >= 0.3 is 0 Å². The van der Waals surface area contributed by atoms with Crippen molar-refractivity contribution in [3.63, 3.8) is 0 Å². The van der Waals surface area contributed by atoms with Gasteiger partial charge in [-0.1, -0.05) is 23.7 Å². The maximum Gasteiger partial charge on any atom is 0.240 e. The molecular formula is C14H14ClFN2O2S. The first kappa shape index (κ1) is 15.9. The third-order valence-electron chi connectivity index (χ3n) is 2.93. The second-order valence-corrected chi connectivity index (χ2v) is 6.61. The first-order valence-electron chi connectivity index (χ1n) is 6.15. The summed E-state index contributed by atoms with van der Waals surface area (Å²) >= 11 is 5.76. The third-order valence-corrected chi connectivity index (χ3v) is 4.58. The van der Waals surface area contributed by atoms with Gasteiger partial charge in [0.05, 0.1) is 4.90 Å². The quantitative estimate of drug-likeness (QED) is 0.885. The topological polar surface area (TPSA) is 72.2 Å². The van der Waals surface area contributed by atoms with Crippen LogP contribution in [0.15, 0.2) is 47.4 Å². The fraction of sp³-hybridized carbons (Fsp3) is 0.143. The molecular weight excluding hydrogens is 315 g/mol. The lowest BCUT2D eigenvalue weighted by atomic mass is 10.2. The fourth-order valence-electron chi connectivity index (χ4n) is 1.74. The van der Waals surface area contributed by atoms with E-state index in [1.807, 2.05) is 0 Å². The average molecular weight is 329 g/mol. The van der Waals surface area contributed by atoms with E-state index in [-0.39, 0.29) is 23.5 Å². The van der Waals surface area contributed by atoms with Crippen LogP contribution in [-0.2, 0) is 23.1 Å². The number of nitrogens with one attached hydrogen (secondary N) is 1. The monoisotopic (exact) mass is 328 g/mol. The molecule has 0 spiro atoms. The zero-order chi connectivity index (χ0) is 15.5. The van der Waals surface area contributed by atoms with Crippen molar-refractivity contribution in [3.8, 4) is 0 Å². The van der Waals surface area contributed by atoms with Gasteiger partial charge in [0.15, 0.2) is 0 Å². The van der Waals surface area contributed by atoms with Crippen molar-refractivity contribution in [1.82, 2.24) is 4.72 Å². The van der Waals surface area contributed by atoms with Crippen LogP contribution in [-0.4, -0.2) is 8.42 Å². The minimum atomic E-state index is -3.72. The van der Waals surface area contributed by atoms with Gasteiger partial charge in [-0.3, -0.25) is 0 Å². The average Bonchev–Trinajstić information content (AvgIpc) is 2.47. The molecule has 0 unspecified atom stereocenters. The van der Waals surface area contributed by atoms with E-state index in [4.69, 9.17) is 17.3 Å². The number of rotatable bonds is 5. The van der Waals surface area contributed by atoms with Crippen molar-refractivity contribution >= 4 is 21.6 Å². The second kappa shape index (κ2) is 6.53. The fourth-order valence-corrected chi connectivity index (χ4v) is 2.93. The number of nitrogens with two attached hydrogens (primary N) is 1. The van der Waals surface area contributed by atoms with Gasteiger partial charge < -0.3 is 5.73 Å². The van der Waals surface area contributed by atoms with Gasteiger partial charge in [-0.05, 0) is 35.9 Å². The zero-order valence-corrected chi connectivity index (χ0v) is 12.6. The molecule has 3 N–H and O–H groups in total. The molecule has 2 aromatic rings. The number of hydrogen-bond donors (Lipinski definition) is 2. The zero-order valence-electron chi connectivity index (χ0n) is 11.0. The lowest BCUT2D eigenvalue weighted by molar-refractivity contribution is 0.579. The summed E-state index contributed by atoms with van der Waals surface area (Å²) < 4.78 is 40.1. The van der Waals surface area contributed by atoms with E-state index in [0.717, 1.165) is 11.6 Å². The van der Waals surface area contributed by atoms with Gasteiger partial charge in [0, 0.05) is 23.7 Å². The van der Waals surface area contributed by atoms with Crippen molar-refractivity contribution in [2.75, 3.05) is 0 Å². The molecule has 7 heteroatoms. The molecule has 0 bridgehead atoms. The summed E-state index contributed by atoms with van der Waals surface area (Å²) in [7, 11) is -3.72. The van der Waals surface area contributed by atoms with E-state index in [0.29, 0.717) is 5.02 Å². The standard InChI is InChI=1S/C14H14ClFN2O2S/c15-12-3-1-10(2-4-12)9-18-21(19,20)13-5-6-14(16)11(7-13)8-17/h1-7,18H,8-9,17H2. The van der Waals surface area contributed by atoms with E-state index < -0.39 is 15.8 Å². The van der Waals surface area contributed by atoms with Crippen LogP contribution in [0.4, 0.5) is 4.39 Å². The van der Waals surface area contributed by atoms with Crippen molar-refractivity contribution in [2.45, 2.75) is 18.0 Å². The summed E-state index contributed by atoms with van der Waals surface area (Å²) in [5.74, 6) is -0.519. The van der Waals surface area contributed by atoms with Gasteiger partial charge in [-0.2, -0.15) is 0 Å². The maximum atomic E-state index is 13.3. The highest BCUT2D eigenvalue weighted by atomic mass is 35.5. The summed E-state index contributed by atoms with van der Waals surface area (Å²) in [5.41, 5.74) is 6.30. The predicted molar refractivity (Wildman–Crippen MR) is 79.8 cm³/mol. The van der Waals surface area contributed by atoms with Gasteiger partial charge in [-0.25, -0.2) is 17.5 Å². The Morgan fingerprint density at radius 1 is 1.14 bits per heavy atom. The summed E-state index contributed by atoms with van der Waals surface area (Å²) in [5, 5.41) is 0.577. The smallest absolute Gasteiger partial charge is 0.240 e. The van der Waals surface area contributed by atoms with Gasteiger partial charge in [0.25, 0.3) is 0 Å². The highest BCUT2D eigenvalue weighted by molar-refractivity contribution is 7.89. The van der Waals surface area contributed by atoms with E-state index in [1.54, 1.807) is 24.3 Å². The van der Waals surface area contributed by atoms with Crippen LogP contribution < -0.4 is 10.5 Å².